The van der Waals surface area contributed by atoms with E-state index in [1.54, 1.807) is 6.07 Å². The minimum absolute atomic E-state index is 0.318. The van der Waals surface area contributed by atoms with Crippen LogP contribution in [0, 0.1) is 6.92 Å². The fourth-order valence-corrected chi connectivity index (χ4v) is 4.29. The number of nitrogens with zero attached hydrogens (tertiary/aromatic N) is 2. The molecule has 2 aliphatic heterocycles. The number of rotatable bonds is 5. The van der Waals surface area contributed by atoms with Crippen molar-refractivity contribution < 1.29 is 19.2 Å². The summed E-state index contributed by atoms with van der Waals surface area (Å²) in [6.45, 7) is 15.0. The average Bonchev–Trinajstić information content (AvgIpc) is 2.85. The third-order valence-electron chi connectivity index (χ3n) is 6.94. The molecule has 0 spiro atoms. The van der Waals surface area contributed by atoms with Crippen LogP contribution >= 0.6 is 0 Å². The molecular weight excluding hydrogens is 367 g/mol. The zero-order chi connectivity index (χ0) is 21.6. The van der Waals surface area contributed by atoms with Crippen LogP contribution in [0.1, 0.15) is 63.4 Å². The summed E-state index contributed by atoms with van der Waals surface area (Å²) < 4.78 is 12.4. The van der Waals surface area contributed by atoms with Gasteiger partial charge >= 0.3 is 13.1 Å². The summed E-state index contributed by atoms with van der Waals surface area (Å²) in [4.78, 5) is 16.7. The second kappa shape index (κ2) is 7.93. The third kappa shape index (κ3) is 4.18. The number of aromatic carboxylic acids is 1. The molecule has 0 aliphatic carbocycles. The van der Waals surface area contributed by atoms with E-state index < -0.39 is 24.3 Å². The predicted octanol–water partition coefficient (Wildman–Crippen LogP) is 2.91. The Bertz CT molecular complexity index is 756. The summed E-state index contributed by atoms with van der Waals surface area (Å²) >= 11 is 0. The summed E-state index contributed by atoms with van der Waals surface area (Å²) in [7, 11) is 1.58. The molecule has 0 amide bonds. The summed E-state index contributed by atoms with van der Waals surface area (Å²) in [5, 5.41) is 9.86. The Balaban J connectivity index is 2.02. The van der Waals surface area contributed by atoms with E-state index in [9.17, 15) is 9.90 Å². The van der Waals surface area contributed by atoms with Gasteiger partial charge in [0.2, 0.25) is 0 Å². The molecule has 1 N–H and O–H groups in total. The van der Waals surface area contributed by atoms with Crippen molar-refractivity contribution in [3.8, 4) is 0 Å². The van der Waals surface area contributed by atoms with Crippen LogP contribution < -0.4 is 10.4 Å². The molecule has 3 rings (SSSR count). The number of piperidine rings is 1. The van der Waals surface area contributed by atoms with E-state index in [0.717, 1.165) is 49.2 Å². The molecule has 2 saturated heterocycles. The lowest BCUT2D eigenvalue weighted by Crippen LogP contribution is -2.45. The number of benzene rings is 1. The van der Waals surface area contributed by atoms with Crippen LogP contribution in [0.25, 0.3) is 0 Å². The maximum atomic E-state index is 12.0. The molecule has 1 aromatic carbocycles. The minimum atomic E-state index is -0.915. The SMILES string of the molecule is CCN(c1cc(B2OC(C)(C)C(C)(C)O2)cc(C(=O)O)c1C)C1CCN(C)CC1. The second-order valence-corrected chi connectivity index (χ2v) is 9.43. The number of carboxylic acids is 1. The number of likely N-dealkylation sites (tertiary alicyclic amines) is 1. The largest absolute Gasteiger partial charge is 0.494 e. The molecule has 0 bridgehead atoms. The molecule has 0 radical (unpaired) electrons. The van der Waals surface area contributed by atoms with Gasteiger partial charge in [-0.15, -0.1) is 0 Å². The Kier molecular flexibility index (Phi) is 6.05. The topological polar surface area (TPSA) is 62.2 Å². The molecule has 2 fully saturated rings. The smallest absolute Gasteiger partial charge is 0.478 e. The van der Waals surface area contributed by atoms with Gasteiger partial charge in [-0.2, -0.15) is 0 Å². The Morgan fingerprint density at radius 2 is 1.76 bits per heavy atom. The van der Waals surface area contributed by atoms with Gasteiger partial charge < -0.3 is 24.2 Å². The van der Waals surface area contributed by atoms with E-state index in [0.29, 0.717) is 11.6 Å². The zero-order valence-corrected chi connectivity index (χ0v) is 18.9. The van der Waals surface area contributed by atoms with E-state index in [4.69, 9.17) is 9.31 Å². The van der Waals surface area contributed by atoms with E-state index in [1.807, 2.05) is 34.6 Å². The Labute approximate surface area is 175 Å². The first-order chi connectivity index (χ1) is 13.5. The lowest BCUT2D eigenvalue weighted by Gasteiger charge is -2.39. The molecule has 29 heavy (non-hydrogen) atoms. The molecule has 7 heteroatoms. The Morgan fingerprint density at radius 3 is 2.24 bits per heavy atom. The number of anilines is 1. The second-order valence-electron chi connectivity index (χ2n) is 9.43. The highest BCUT2D eigenvalue weighted by Gasteiger charge is 2.52. The molecule has 6 nitrogen and oxygen atoms in total. The molecule has 0 unspecified atom stereocenters. The fraction of sp³-hybridized carbons (Fsp3) is 0.682. The van der Waals surface area contributed by atoms with Crippen LogP contribution in [0.5, 0.6) is 0 Å². The molecule has 0 saturated carbocycles. The number of carbonyl (C=O) groups is 1. The highest BCUT2D eigenvalue weighted by atomic mass is 16.7. The van der Waals surface area contributed by atoms with Gasteiger partial charge in [0, 0.05) is 18.3 Å². The molecular formula is C22H35BN2O4. The van der Waals surface area contributed by atoms with Crippen molar-refractivity contribution in [2.45, 2.75) is 71.6 Å². The van der Waals surface area contributed by atoms with Crippen molar-refractivity contribution in [1.29, 1.82) is 0 Å². The van der Waals surface area contributed by atoms with Gasteiger partial charge in [-0.1, -0.05) is 0 Å². The lowest BCUT2D eigenvalue weighted by molar-refractivity contribution is 0.00578. The van der Waals surface area contributed by atoms with Gasteiger partial charge in [0.1, 0.15) is 0 Å². The van der Waals surface area contributed by atoms with Gasteiger partial charge in [0.15, 0.2) is 0 Å². The quantitative estimate of drug-likeness (QED) is 0.765. The summed E-state index contributed by atoms with van der Waals surface area (Å²) in [5.41, 5.74) is 1.94. The maximum Gasteiger partial charge on any atom is 0.494 e. The molecule has 160 valence electrons. The van der Waals surface area contributed by atoms with Crippen molar-refractivity contribution >= 4 is 24.2 Å². The first-order valence-electron chi connectivity index (χ1n) is 10.7. The van der Waals surface area contributed by atoms with Crippen LogP contribution in [0.15, 0.2) is 12.1 Å². The molecule has 1 aromatic rings. The third-order valence-corrected chi connectivity index (χ3v) is 6.94. The van der Waals surface area contributed by atoms with Crippen molar-refractivity contribution in [2.24, 2.45) is 0 Å². The summed E-state index contributed by atoms with van der Waals surface area (Å²) in [5.74, 6) is -0.915. The van der Waals surface area contributed by atoms with Crippen molar-refractivity contribution in [1.82, 2.24) is 4.90 Å². The Morgan fingerprint density at radius 1 is 1.21 bits per heavy atom. The summed E-state index contributed by atoms with van der Waals surface area (Å²) in [6.07, 6.45) is 2.15. The van der Waals surface area contributed by atoms with E-state index >= 15 is 0 Å². The standard InChI is InChI=1S/C22H35BN2O4/c1-8-25(17-9-11-24(7)12-10-17)19-14-16(13-18(15(19)2)20(26)27)23-28-21(3,4)22(5,6)29-23/h13-14,17H,8-12H2,1-7H3,(H,26,27). The number of hydrogen-bond donors (Lipinski definition) is 1. The Hall–Kier alpha value is -1.57. The van der Waals surface area contributed by atoms with E-state index in [1.165, 1.54) is 0 Å². The van der Waals surface area contributed by atoms with Gasteiger partial charge in [0.05, 0.1) is 16.8 Å². The van der Waals surface area contributed by atoms with E-state index in [2.05, 4.69) is 29.8 Å². The van der Waals surface area contributed by atoms with Gasteiger partial charge in [-0.05, 0) is 97.7 Å². The van der Waals surface area contributed by atoms with Crippen molar-refractivity contribution in [3.63, 3.8) is 0 Å². The average molecular weight is 402 g/mol. The van der Waals surface area contributed by atoms with Gasteiger partial charge in [-0.3, -0.25) is 0 Å². The van der Waals surface area contributed by atoms with Crippen LogP contribution in [0.3, 0.4) is 0 Å². The molecule has 0 atom stereocenters. The highest BCUT2D eigenvalue weighted by Crippen LogP contribution is 2.37. The first kappa shape index (κ1) is 22.1. The van der Waals surface area contributed by atoms with E-state index in [-0.39, 0.29) is 0 Å². The van der Waals surface area contributed by atoms with Crippen molar-refractivity contribution in [2.75, 3.05) is 31.6 Å². The van der Waals surface area contributed by atoms with Crippen molar-refractivity contribution in [3.05, 3.63) is 23.3 Å². The van der Waals surface area contributed by atoms with Gasteiger partial charge in [-0.25, -0.2) is 4.79 Å². The lowest BCUT2D eigenvalue weighted by atomic mass is 9.77. The molecule has 2 heterocycles. The zero-order valence-electron chi connectivity index (χ0n) is 18.9. The summed E-state index contributed by atoms with van der Waals surface area (Å²) in [6, 6.07) is 4.20. The predicted molar refractivity (Wildman–Crippen MR) is 117 cm³/mol. The maximum absolute atomic E-state index is 12.0. The van der Waals surface area contributed by atoms with Crippen LogP contribution in [-0.4, -0.2) is 67.0 Å². The minimum Gasteiger partial charge on any atom is -0.478 e. The molecule has 2 aliphatic rings. The van der Waals surface area contributed by atoms with Crippen LogP contribution in [0.2, 0.25) is 0 Å². The normalized spacial score (nSPS) is 22.1. The van der Waals surface area contributed by atoms with Crippen LogP contribution in [-0.2, 0) is 9.31 Å². The van der Waals surface area contributed by atoms with Gasteiger partial charge in [0.25, 0.3) is 0 Å². The number of hydrogen-bond acceptors (Lipinski definition) is 5. The monoisotopic (exact) mass is 402 g/mol. The number of carboxylic acid groups (broad SMARTS) is 1. The first-order valence-corrected chi connectivity index (χ1v) is 10.7. The molecule has 0 aromatic heterocycles. The highest BCUT2D eigenvalue weighted by molar-refractivity contribution is 6.62. The van der Waals surface area contributed by atoms with Crippen LogP contribution in [0.4, 0.5) is 5.69 Å². The fourth-order valence-electron chi connectivity index (χ4n) is 4.29.